The minimum absolute atomic E-state index is 0.0332. The standard InChI is InChI=1S/C10H16O4/c1-2-13-10-8(11)5-9(10)14-7-3-4-12-6-7/h7,9-10H,2-6H2,1H3. The predicted molar refractivity (Wildman–Crippen MR) is 49.1 cm³/mol. The Balaban J connectivity index is 1.77. The van der Waals surface area contributed by atoms with Gasteiger partial charge in [-0.3, -0.25) is 4.79 Å². The van der Waals surface area contributed by atoms with Gasteiger partial charge in [-0.05, 0) is 13.3 Å². The van der Waals surface area contributed by atoms with E-state index in [1.54, 1.807) is 0 Å². The number of carbonyl (C=O) groups excluding carboxylic acids is 1. The van der Waals surface area contributed by atoms with Gasteiger partial charge in [-0.2, -0.15) is 0 Å². The molecule has 0 aromatic rings. The van der Waals surface area contributed by atoms with Crippen LogP contribution in [0.1, 0.15) is 19.8 Å². The fraction of sp³-hybridized carbons (Fsp3) is 0.900. The second-order valence-electron chi connectivity index (χ2n) is 3.71. The van der Waals surface area contributed by atoms with Crippen molar-refractivity contribution in [2.45, 2.75) is 38.1 Å². The maximum atomic E-state index is 11.2. The van der Waals surface area contributed by atoms with Gasteiger partial charge in [0.2, 0.25) is 0 Å². The van der Waals surface area contributed by atoms with Gasteiger partial charge in [0.15, 0.2) is 5.78 Å². The molecule has 0 bridgehead atoms. The van der Waals surface area contributed by atoms with Crippen LogP contribution in [0.4, 0.5) is 0 Å². The van der Waals surface area contributed by atoms with E-state index in [9.17, 15) is 4.79 Å². The molecule has 2 rings (SSSR count). The van der Waals surface area contributed by atoms with Crippen LogP contribution in [0.2, 0.25) is 0 Å². The molecular formula is C10H16O4. The lowest BCUT2D eigenvalue weighted by Crippen LogP contribution is -2.51. The number of rotatable bonds is 4. The second kappa shape index (κ2) is 4.38. The summed E-state index contributed by atoms with van der Waals surface area (Å²) in [7, 11) is 0. The van der Waals surface area contributed by atoms with Gasteiger partial charge in [-0.25, -0.2) is 0 Å². The van der Waals surface area contributed by atoms with Crippen LogP contribution < -0.4 is 0 Å². The molecule has 0 aromatic carbocycles. The summed E-state index contributed by atoms with van der Waals surface area (Å²) in [5.74, 6) is 0.163. The molecule has 0 spiro atoms. The van der Waals surface area contributed by atoms with Crippen molar-refractivity contribution in [3.05, 3.63) is 0 Å². The number of ketones is 1. The van der Waals surface area contributed by atoms with Crippen molar-refractivity contribution in [2.24, 2.45) is 0 Å². The number of carbonyl (C=O) groups is 1. The largest absolute Gasteiger partial charge is 0.379 e. The Labute approximate surface area is 83.5 Å². The lowest BCUT2D eigenvalue weighted by Gasteiger charge is -2.35. The summed E-state index contributed by atoms with van der Waals surface area (Å²) in [6, 6.07) is 0. The van der Waals surface area contributed by atoms with Crippen LogP contribution in [0.25, 0.3) is 0 Å². The van der Waals surface area contributed by atoms with E-state index < -0.39 is 0 Å². The monoisotopic (exact) mass is 200 g/mol. The molecule has 2 fully saturated rings. The van der Waals surface area contributed by atoms with E-state index in [0.717, 1.165) is 13.0 Å². The van der Waals surface area contributed by atoms with E-state index in [-0.39, 0.29) is 24.1 Å². The van der Waals surface area contributed by atoms with Crippen LogP contribution in [0.5, 0.6) is 0 Å². The summed E-state index contributed by atoms with van der Waals surface area (Å²) in [6.45, 7) is 3.88. The average molecular weight is 200 g/mol. The zero-order valence-corrected chi connectivity index (χ0v) is 8.40. The lowest BCUT2D eigenvalue weighted by molar-refractivity contribution is -0.172. The van der Waals surface area contributed by atoms with E-state index in [0.29, 0.717) is 19.6 Å². The number of ether oxygens (including phenoxy) is 3. The maximum absolute atomic E-state index is 11.2. The third-order valence-corrected chi connectivity index (χ3v) is 2.66. The molecule has 4 nitrogen and oxygen atoms in total. The summed E-state index contributed by atoms with van der Waals surface area (Å²) in [5, 5.41) is 0. The minimum atomic E-state index is -0.319. The smallest absolute Gasteiger partial charge is 0.166 e. The molecule has 3 unspecified atom stereocenters. The van der Waals surface area contributed by atoms with Gasteiger partial charge in [0, 0.05) is 19.6 Å². The van der Waals surface area contributed by atoms with Crippen LogP contribution in [0.15, 0.2) is 0 Å². The maximum Gasteiger partial charge on any atom is 0.166 e. The third kappa shape index (κ3) is 1.97. The van der Waals surface area contributed by atoms with E-state index in [2.05, 4.69) is 0 Å². The highest BCUT2D eigenvalue weighted by Crippen LogP contribution is 2.26. The fourth-order valence-electron chi connectivity index (χ4n) is 1.84. The fourth-order valence-corrected chi connectivity index (χ4v) is 1.84. The summed E-state index contributed by atoms with van der Waals surface area (Å²) in [4.78, 5) is 11.2. The summed E-state index contributed by atoms with van der Waals surface area (Å²) in [5.41, 5.74) is 0. The first-order chi connectivity index (χ1) is 6.81. The Morgan fingerprint density at radius 3 is 3.00 bits per heavy atom. The Morgan fingerprint density at radius 2 is 2.43 bits per heavy atom. The van der Waals surface area contributed by atoms with Crippen LogP contribution >= 0.6 is 0 Å². The van der Waals surface area contributed by atoms with Gasteiger partial charge >= 0.3 is 0 Å². The quantitative estimate of drug-likeness (QED) is 0.664. The molecule has 1 saturated carbocycles. The molecule has 1 aliphatic heterocycles. The molecule has 0 N–H and O–H groups in total. The molecule has 0 aromatic heterocycles. The molecule has 4 heteroatoms. The van der Waals surface area contributed by atoms with Crippen molar-refractivity contribution in [2.75, 3.05) is 19.8 Å². The molecule has 1 heterocycles. The van der Waals surface area contributed by atoms with Gasteiger partial charge in [0.25, 0.3) is 0 Å². The molecule has 0 radical (unpaired) electrons. The average Bonchev–Trinajstić information content (AvgIpc) is 2.66. The zero-order valence-electron chi connectivity index (χ0n) is 8.40. The molecule has 1 aliphatic carbocycles. The van der Waals surface area contributed by atoms with Gasteiger partial charge < -0.3 is 14.2 Å². The number of hydrogen-bond acceptors (Lipinski definition) is 4. The van der Waals surface area contributed by atoms with Gasteiger partial charge in [-0.1, -0.05) is 0 Å². The van der Waals surface area contributed by atoms with Crippen molar-refractivity contribution < 1.29 is 19.0 Å². The highest BCUT2D eigenvalue weighted by atomic mass is 16.6. The normalized spacial score (nSPS) is 37.2. The summed E-state index contributed by atoms with van der Waals surface area (Å²) in [6.07, 6.45) is 1.25. The summed E-state index contributed by atoms with van der Waals surface area (Å²) >= 11 is 0. The van der Waals surface area contributed by atoms with Crippen molar-refractivity contribution in [1.29, 1.82) is 0 Å². The van der Waals surface area contributed by atoms with Crippen LogP contribution in [0, 0.1) is 0 Å². The number of Topliss-reactive ketones (excluding diaryl/α,β-unsaturated/α-hetero) is 1. The third-order valence-electron chi connectivity index (χ3n) is 2.66. The Kier molecular flexibility index (Phi) is 3.15. The molecule has 2 aliphatic rings. The molecule has 0 amide bonds. The highest BCUT2D eigenvalue weighted by Gasteiger charge is 2.42. The van der Waals surface area contributed by atoms with Crippen molar-refractivity contribution in [3.63, 3.8) is 0 Å². The van der Waals surface area contributed by atoms with E-state index in [1.165, 1.54) is 0 Å². The van der Waals surface area contributed by atoms with Crippen LogP contribution in [-0.4, -0.2) is 43.9 Å². The zero-order chi connectivity index (χ0) is 9.97. The second-order valence-corrected chi connectivity index (χ2v) is 3.71. The first-order valence-corrected chi connectivity index (χ1v) is 5.18. The SMILES string of the molecule is CCOC1C(=O)CC1OC1CCOC1. The van der Waals surface area contributed by atoms with Crippen molar-refractivity contribution >= 4 is 5.78 Å². The van der Waals surface area contributed by atoms with E-state index in [1.807, 2.05) is 6.92 Å². The molecule has 3 atom stereocenters. The Hall–Kier alpha value is -0.450. The lowest BCUT2D eigenvalue weighted by atomic mass is 9.89. The van der Waals surface area contributed by atoms with Gasteiger partial charge in [0.05, 0.1) is 18.8 Å². The molecule has 1 saturated heterocycles. The van der Waals surface area contributed by atoms with Crippen molar-refractivity contribution in [1.82, 2.24) is 0 Å². The molecule has 14 heavy (non-hydrogen) atoms. The molecule has 80 valence electrons. The topological polar surface area (TPSA) is 44.8 Å². The Bertz CT molecular complexity index is 210. The number of hydrogen-bond donors (Lipinski definition) is 0. The first-order valence-electron chi connectivity index (χ1n) is 5.18. The van der Waals surface area contributed by atoms with Crippen LogP contribution in [-0.2, 0) is 19.0 Å². The predicted octanol–water partition coefficient (Wildman–Crippen LogP) is 0.538. The van der Waals surface area contributed by atoms with E-state index in [4.69, 9.17) is 14.2 Å². The summed E-state index contributed by atoms with van der Waals surface area (Å²) < 4.78 is 16.2. The Morgan fingerprint density at radius 1 is 1.57 bits per heavy atom. The van der Waals surface area contributed by atoms with Crippen LogP contribution in [0.3, 0.4) is 0 Å². The first kappa shape index (κ1) is 10.1. The minimum Gasteiger partial charge on any atom is -0.379 e. The molecular weight excluding hydrogens is 184 g/mol. The highest BCUT2D eigenvalue weighted by molar-refractivity contribution is 5.90. The van der Waals surface area contributed by atoms with Gasteiger partial charge in [0.1, 0.15) is 6.10 Å². The van der Waals surface area contributed by atoms with E-state index >= 15 is 0 Å². The van der Waals surface area contributed by atoms with Crippen molar-refractivity contribution in [3.8, 4) is 0 Å². The van der Waals surface area contributed by atoms with Gasteiger partial charge in [-0.15, -0.1) is 0 Å².